The number of nitrogens with two attached hydrogens (primary N) is 1. The van der Waals surface area contributed by atoms with Crippen molar-refractivity contribution >= 4 is 0 Å². The molecule has 0 saturated heterocycles. The molecule has 2 atom stereocenters. The molecule has 1 aliphatic rings. The predicted molar refractivity (Wildman–Crippen MR) is 35.9 cm³/mol. The van der Waals surface area contributed by atoms with Gasteiger partial charge in [-0.05, 0) is 19.3 Å². The van der Waals surface area contributed by atoms with Crippen molar-refractivity contribution in [2.75, 3.05) is 0 Å². The zero-order valence-electron chi connectivity index (χ0n) is 6.11. The largest absolute Gasteiger partial charge is 0.328 e. The van der Waals surface area contributed by atoms with E-state index in [-0.39, 0.29) is 24.8 Å². The minimum absolute atomic E-state index is 0.00926. The van der Waals surface area contributed by atoms with Crippen molar-refractivity contribution in [2.45, 2.75) is 38.2 Å². The van der Waals surface area contributed by atoms with E-state index in [0.29, 0.717) is 6.42 Å². The van der Waals surface area contributed by atoms with E-state index < -0.39 is 5.92 Å². The van der Waals surface area contributed by atoms with Crippen LogP contribution in [0.15, 0.2) is 0 Å². The summed E-state index contributed by atoms with van der Waals surface area (Å²) in [6.45, 7) is 1.80. The molecule has 0 bridgehead atoms. The Morgan fingerprint density at radius 2 is 2.20 bits per heavy atom. The molecule has 0 amide bonds. The van der Waals surface area contributed by atoms with Crippen LogP contribution in [-0.4, -0.2) is 12.0 Å². The van der Waals surface area contributed by atoms with Gasteiger partial charge in [-0.2, -0.15) is 0 Å². The number of rotatable bonds is 1. The smallest absolute Gasteiger partial charge is 0.248 e. The quantitative estimate of drug-likeness (QED) is 0.604. The first-order chi connectivity index (χ1) is 4.51. The Hall–Kier alpha value is -0.180. The van der Waals surface area contributed by atoms with Crippen LogP contribution in [-0.2, 0) is 0 Å². The highest BCUT2D eigenvalue weighted by Gasteiger charge is 2.40. The Balaban J connectivity index is 2.43. The number of hydrogen-bond donors (Lipinski definition) is 1. The molecule has 10 heavy (non-hydrogen) atoms. The fourth-order valence-electron chi connectivity index (χ4n) is 1.43. The van der Waals surface area contributed by atoms with Crippen LogP contribution >= 0.6 is 0 Å². The number of hydrogen-bond acceptors (Lipinski definition) is 1. The predicted octanol–water partition coefficient (Wildman–Crippen LogP) is 1.77. The Labute approximate surface area is 59.6 Å². The van der Waals surface area contributed by atoms with Gasteiger partial charge in [0.15, 0.2) is 0 Å². The van der Waals surface area contributed by atoms with Gasteiger partial charge in [-0.3, -0.25) is 0 Å². The van der Waals surface area contributed by atoms with E-state index in [2.05, 4.69) is 0 Å². The second kappa shape index (κ2) is 2.46. The van der Waals surface area contributed by atoms with Crippen molar-refractivity contribution < 1.29 is 8.78 Å². The van der Waals surface area contributed by atoms with Gasteiger partial charge in [-0.15, -0.1) is 0 Å². The van der Waals surface area contributed by atoms with Gasteiger partial charge >= 0.3 is 0 Å². The molecule has 0 spiro atoms. The number of alkyl halides is 2. The summed E-state index contributed by atoms with van der Waals surface area (Å²) in [5, 5.41) is 0. The summed E-state index contributed by atoms with van der Waals surface area (Å²) in [4.78, 5) is 0. The Morgan fingerprint density at radius 3 is 2.40 bits per heavy atom. The fourth-order valence-corrected chi connectivity index (χ4v) is 1.43. The van der Waals surface area contributed by atoms with Crippen LogP contribution in [0.2, 0.25) is 0 Å². The third-order valence-corrected chi connectivity index (χ3v) is 2.19. The van der Waals surface area contributed by atoms with Crippen LogP contribution in [0.3, 0.4) is 0 Å². The summed E-state index contributed by atoms with van der Waals surface area (Å²) in [5.41, 5.74) is 5.49. The molecule has 0 aromatic heterocycles. The van der Waals surface area contributed by atoms with Gasteiger partial charge in [0.05, 0.1) is 0 Å². The highest BCUT2D eigenvalue weighted by atomic mass is 19.3. The van der Waals surface area contributed by atoms with E-state index in [1.54, 1.807) is 6.92 Å². The van der Waals surface area contributed by atoms with E-state index in [9.17, 15) is 8.78 Å². The van der Waals surface area contributed by atoms with Gasteiger partial charge < -0.3 is 5.73 Å². The first-order valence-corrected chi connectivity index (χ1v) is 3.65. The minimum Gasteiger partial charge on any atom is -0.328 e. The van der Waals surface area contributed by atoms with Crippen molar-refractivity contribution in [2.24, 2.45) is 11.7 Å². The molecular weight excluding hydrogens is 136 g/mol. The molecule has 1 fully saturated rings. The maximum Gasteiger partial charge on any atom is 0.248 e. The van der Waals surface area contributed by atoms with E-state index in [1.807, 2.05) is 0 Å². The zero-order chi connectivity index (χ0) is 7.78. The second-order valence-electron chi connectivity index (χ2n) is 3.22. The summed E-state index contributed by atoms with van der Waals surface area (Å²) in [6.07, 6.45) is 0.606. The van der Waals surface area contributed by atoms with E-state index in [1.165, 1.54) is 0 Å². The van der Waals surface area contributed by atoms with Gasteiger partial charge in [0.1, 0.15) is 0 Å². The molecule has 1 aliphatic carbocycles. The van der Waals surface area contributed by atoms with Gasteiger partial charge in [0, 0.05) is 18.9 Å². The first kappa shape index (κ1) is 7.92. The monoisotopic (exact) mass is 149 g/mol. The van der Waals surface area contributed by atoms with Crippen LogP contribution in [0.1, 0.15) is 26.2 Å². The maximum absolute atomic E-state index is 12.5. The third-order valence-electron chi connectivity index (χ3n) is 2.19. The molecule has 0 heterocycles. The maximum atomic E-state index is 12.5. The Bertz CT molecular complexity index is 123. The molecule has 1 saturated carbocycles. The molecule has 0 unspecified atom stereocenters. The molecule has 0 aromatic carbocycles. The number of halogens is 2. The van der Waals surface area contributed by atoms with E-state index >= 15 is 0 Å². The van der Waals surface area contributed by atoms with Crippen LogP contribution < -0.4 is 5.73 Å². The summed E-state index contributed by atoms with van der Waals surface area (Å²) in [7, 11) is 0. The van der Waals surface area contributed by atoms with Gasteiger partial charge in [0.2, 0.25) is 5.92 Å². The summed E-state index contributed by atoms with van der Waals surface area (Å²) >= 11 is 0. The van der Waals surface area contributed by atoms with Gasteiger partial charge in [0.25, 0.3) is 0 Å². The van der Waals surface area contributed by atoms with Crippen LogP contribution in [0.5, 0.6) is 0 Å². The molecular formula is C7H13F2N. The highest BCUT2D eigenvalue weighted by molar-refractivity contribution is 4.85. The average molecular weight is 149 g/mol. The molecule has 0 aliphatic heterocycles. The topological polar surface area (TPSA) is 26.0 Å². The summed E-state index contributed by atoms with van der Waals surface area (Å²) in [5.74, 6) is -2.40. The lowest BCUT2D eigenvalue weighted by molar-refractivity contribution is 0.00418. The normalized spacial score (nSPS) is 34.2. The van der Waals surface area contributed by atoms with Gasteiger partial charge in [-0.25, -0.2) is 8.78 Å². The molecule has 1 rings (SSSR count). The Kier molecular flexibility index (Phi) is 1.95. The molecule has 3 heteroatoms. The molecule has 0 radical (unpaired) electrons. The summed E-state index contributed by atoms with van der Waals surface area (Å²) < 4.78 is 25.0. The van der Waals surface area contributed by atoms with Crippen LogP contribution in [0.25, 0.3) is 0 Å². The minimum atomic E-state index is -2.43. The van der Waals surface area contributed by atoms with Crippen molar-refractivity contribution in [1.29, 1.82) is 0 Å². The average Bonchev–Trinajstić information content (AvgIpc) is 2.10. The highest BCUT2D eigenvalue weighted by Crippen LogP contribution is 2.39. The lowest BCUT2D eigenvalue weighted by Gasteiger charge is -2.13. The first-order valence-electron chi connectivity index (χ1n) is 3.65. The molecule has 1 nitrogen and oxygen atoms in total. The lowest BCUT2D eigenvalue weighted by atomic mass is 10.0. The Morgan fingerprint density at radius 1 is 1.60 bits per heavy atom. The lowest BCUT2D eigenvalue weighted by Crippen LogP contribution is -2.25. The molecule has 60 valence electrons. The summed E-state index contributed by atoms with van der Waals surface area (Å²) in [6, 6.07) is -0.0756. The molecule has 0 aromatic rings. The van der Waals surface area contributed by atoms with E-state index in [4.69, 9.17) is 5.73 Å². The van der Waals surface area contributed by atoms with E-state index in [0.717, 1.165) is 0 Å². The van der Waals surface area contributed by atoms with Crippen molar-refractivity contribution in [3.63, 3.8) is 0 Å². The van der Waals surface area contributed by atoms with Crippen molar-refractivity contribution in [1.82, 2.24) is 0 Å². The third kappa shape index (κ3) is 1.66. The van der Waals surface area contributed by atoms with Crippen molar-refractivity contribution in [3.05, 3.63) is 0 Å². The van der Waals surface area contributed by atoms with Crippen molar-refractivity contribution in [3.8, 4) is 0 Å². The fraction of sp³-hybridized carbons (Fsp3) is 1.00. The SMILES string of the molecule is C[C@@H](N)[C@@H]1CCC(F)(F)C1. The zero-order valence-corrected chi connectivity index (χ0v) is 6.11. The van der Waals surface area contributed by atoms with Gasteiger partial charge in [-0.1, -0.05) is 0 Å². The molecule has 2 N–H and O–H groups in total. The standard InChI is InChI=1S/C7H13F2N/c1-5(10)6-2-3-7(8,9)4-6/h5-6H,2-4,10H2,1H3/t5-,6-/m1/s1. The van der Waals surface area contributed by atoms with Crippen LogP contribution in [0, 0.1) is 5.92 Å². The second-order valence-corrected chi connectivity index (χ2v) is 3.22. The van der Waals surface area contributed by atoms with Crippen LogP contribution in [0.4, 0.5) is 8.78 Å².